The molecule has 2 heterocycles. The molecule has 0 unspecified atom stereocenters. The number of anilines is 1. The summed E-state index contributed by atoms with van der Waals surface area (Å²) < 4.78 is 0. The van der Waals surface area contributed by atoms with E-state index in [-0.39, 0.29) is 12.1 Å². The van der Waals surface area contributed by atoms with Gasteiger partial charge in [-0.2, -0.15) is 0 Å². The molecule has 0 radical (unpaired) electrons. The van der Waals surface area contributed by atoms with Crippen molar-refractivity contribution in [3.8, 4) is 12.3 Å². The molecule has 1 aromatic heterocycles. The van der Waals surface area contributed by atoms with Crippen LogP contribution in [0.25, 0.3) is 0 Å². The number of aromatic nitrogens is 1. The summed E-state index contributed by atoms with van der Waals surface area (Å²) in [6.07, 6.45) is 12.0. The molecule has 1 aliphatic rings. The van der Waals surface area contributed by atoms with E-state index in [9.17, 15) is 4.79 Å². The number of urea groups is 1. The van der Waals surface area contributed by atoms with Crippen LogP contribution >= 0.6 is 0 Å². The Kier molecular flexibility index (Phi) is 6.24. The number of carbonyl (C=O) groups excluding carboxylic acids is 1. The van der Waals surface area contributed by atoms with Crippen LogP contribution in [0.2, 0.25) is 0 Å². The Morgan fingerprint density at radius 2 is 2.00 bits per heavy atom. The number of benzene rings is 1. The average Bonchev–Trinajstić information content (AvgIpc) is 2.68. The predicted molar refractivity (Wildman–Crippen MR) is 104 cm³/mol. The van der Waals surface area contributed by atoms with Crippen LogP contribution in [-0.2, 0) is 6.42 Å². The second-order valence-corrected chi connectivity index (χ2v) is 6.54. The third-order valence-electron chi connectivity index (χ3n) is 4.68. The van der Waals surface area contributed by atoms with Gasteiger partial charge in [-0.05, 0) is 55.2 Å². The van der Waals surface area contributed by atoms with Gasteiger partial charge in [-0.1, -0.05) is 12.0 Å². The molecule has 1 saturated heterocycles. The van der Waals surface area contributed by atoms with E-state index in [1.165, 1.54) is 5.56 Å². The van der Waals surface area contributed by atoms with Crippen molar-refractivity contribution in [3.63, 3.8) is 0 Å². The van der Waals surface area contributed by atoms with Crippen LogP contribution in [0.15, 0.2) is 48.8 Å². The normalized spacial score (nSPS) is 15.2. The van der Waals surface area contributed by atoms with E-state index >= 15 is 0 Å². The van der Waals surface area contributed by atoms with Crippen molar-refractivity contribution in [3.05, 3.63) is 59.9 Å². The SMILES string of the molecule is C#Cc1cccc(NC(=O)NC2CCN(CCc3ccncc3)CC2)c1. The van der Waals surface area contributed by atoms with Gasteiger partial charge in [0.2, 0.25) is 0 Å². The van der Waals surface area contributed by atoms with Crippen LogP contribution in [0.3, 0.4) is 0 Å². The number of hydrogen-bond acceptors (Lipinski definition) is 3. The van der Waals surface area contributed by atoms with E-state index in [1.807, 2.05) is 30.6 Å². The zero-order chi connectivity index (χ0) is 18.2. The van der Waals surface area contributed by atoms with Gasteiger partial charge >= 0.3 is 6.03 Å². The zero-order valence-electron chi connectivity index (χ0n) is 14.8. The largest absolute Gasteiger partial charge is 0.335 e. The first-order chi connectivity index (χ1) is 12.7. The van der Waals surface area contributed by atoms with E-state index in [4.69, 9.17) is 6.42 Å². The van der Waals surface area contributed by atoms with Crippen LogP contribution < -0.4 is 10.6 Å². The quantitative estimate of drug-likeness (QED) is 0.817. The van der Waals surface area contributed by atoms with Crippen LogP contribution in [0.1, 0.15) is 24.0 Å². The highest BCUT2D eigenvalue weighted by Gasteiger charge is 2.20. The second kappa shape index (κ2) is 9.02. The van der Waals surface area contributed by atoms with E-state index in [0.29, 0.717) is 5.69 Å². The van der Waals surface area contributed by atoms with Crippen LogP contribution in [0.5, 0.6) is 0 Å². The summed E-state index contributed by atoms with van der Waals surface area (Å²) in [5, 5.41) is 5.92. The maximum Gasteiger partial charge on any atom is 0.319 e. The summed E-state index contributed by atoms with van der Waals surface area (Å²) in [5.74, 6) is 2.57. The number of pyridine rings is 1. The van der Waals surface area contributed by atoms with Crippen molar-refractivity contribution in [1.29, 1.82) is 0 Å². The first-order valence-electron chi connectivity index (χ1n) is 8.98. The lowest BCUT2D eigenvalue weighted by atomic mass is 10.0. The molecule has 2 aromatic rings. The number of nitrogens with zero attached hydrogens (tertiary/aromatic N) is 2. The highest BCUT2D eigenvalue weighted by molar-refractivity contribution is 5.89. The number of amides is 2. The molecule has 1 fully saturated rings. The van der Waals surface area contributed by atoms with Gasteiger partial charge in [0.05, 0.1) is 0 Å². The molecule has 1 aromatic carbocycles. The number of hydrogen-bond donors (Lipinski definition) is 2. The molecule has 0 bridgehead atoms. The van der Waals surface area contributed by atoms with Crippen LogP contribution in [-0.4, -0.2) is 41.6 Å². The van der Waals surface area contributed by atoms with Crippen molar-refractivity contribution in [2.45, 2.75) is 25.3 Å². The fourth-order valence-electron chi connectivity index (χ4n) is 3.18. The maximum absolute atomic E-state index is 12.2. The van der Waals surface area contributed by atoms with Gasteiger partial charge in [-0.25, -0.2) is 4.79 Å². The van der Waals surface area contributed by atoms with E-state index in [1.54, 1.807) is 6.07 Å². The van der Waals surface area contributed by atoms with E-state index < -0.39 is 0 Å². The minimum Gasteiger partial charge on any atom is -0.335 e. The Balaban J connectivity index is 1.39. The lowest BCUT2D eigenvalue weighted by molar-refractivity contribution is 0.197. The van der Waals surface area contributed by atoms with Gasteiger partial charge in [-0.15, -0.1) is 6.42 Å². The molecule has 1 aliphatic heterocycles. The smallest absolute Gasteiger partial charge is 0.319 e. The summed E-state index contributed by atoms with van der Waals surface area (Å²) in [4.78, 5) is 18.7. The molecule has 5 heteroatoms. The van der Waals surface area contributed by atoms with Crippen LogP contribution in [0.4, 0.5) is 10.5 Å². The summed E-state index contributed by atoms with van der Waals surface area (Å²) in [7, 11) is 0. The molecular weight excluding hydrogens is 324 g/mol. The number of piperidine rings is 1. The number of nitrogens with one attached hydrogen (secondary N) is 2. The number of carbonyl (C=O) groups is 1. The summed E-state index contributed by atoms with van der Waals surface area (Å²) in [5.41, 5.74) is 2.78. The Morgan fingerprint density at radius 1 is 1.23 bits per heavy atom. The first-order valence-corrected chi connectivity index (χ1v) is 8.98. The molecule has 0 atom stereocenters. The Morgan fingerprint density at radius 3 is 2.73 bits per heavy atom. The first kappa shape index (κ1) is 18.0. The average molecular weight is 348 g/mol. The second-order valence-electron chi connectivity index (χ2n) is 6.54. The van der Waals surface area contributed by atoms with E-state index in [0.717, 1.165) is 44.5 Å². The Labute approximate surface area is 154 Å². The zero-order valence-corrected chi connectivity index (χ0v) is 14.8. The Bertz CT molecular complexity index is 761. The minimum absolute atomic E-state index is 0.172. The van der Waals surface area contributed by atoms with Crippen LogP contribution in [0, 0.1) is 12.3 Å². The fourth-order valence-corrected chi connectivity index (χ4v) is 3.18. The third-order valence-corrected chi connectivity index (χ3v) is 4.68. The number of likely N-dealkylation sites (tertiary alicyclic amines) is 1. The minimum atomic E-state index is -0.172. The molecule has 26 heavy (non-hydrogen) atoms. The highest BCUT2D eigenvalue weighted by atomic mass is 16.2. The fraction of sp³-hybridized carbons (Fsp3) is 0.333. The van der Waals surface area contributed by atoms with Gasteiger partial charge in [-0.3, -0.25) is 4.98 Å². The lowest BCUT2D eigenvalue weighted by Crippen LogP contribution is -2.46. The Hall–Kier alpha value is -2.84. The molecule has 2 amide bonds. The third kappa shape index (κ3) is 5.33. The molecule has 0 aliphatic carbocycles. The monoisotopic (exact) mass is 348 g/mol. The number of terminal acetylenes is 1. The van der Waals surface area contributed by atoms with Gasteiger partial charge in [0.1, 0.15) is 0 Å². The molecular formula is C21H24N4O. The lowest BCUT2D eigenvalue weighted by Gasteiger charge is -2.32. The maximum atomic E-state index is 12.2. The van der Waals surface area contributed by atoms with Crippen molar-refractivity contribution in [1.82, 2.24) is 15.2 Å². The van der Waals surface area contributed by atoms with Gasteiger partial charge < -0.3 is 15.5 Å². The van der Waals surface area contributed by atoms with Gasteiger partial charge in [0, 0.05) is 49.3 Å². The van der Waals surface area contributed by atoms with Gasteiger partial charge in [0.25, 0.3) is 0 Å². The summed E-state index contributed by atoms with van der Waals surface area (Å²) >= 11 is 0. The molecule has 134 valence electrons. The van der Waals surface area contributed by atoms with Crippen molar-refractivity contribution in [2.24, 2.45) is 0 Å². The number of rotatable bonds is 5. The predicted octanol–water partition coefficient (Wildman–Crippen LogP) is 2.89. The molecule has 5 nitrogen and oxygen atoms in total. The molecule has 0 saturated carbocycles. The van der Waals surface area contributed by atoms with Gasteiger partial charge in [0.15, 0.2) is 0 Å². The topological polar surface area (TPSA) is 57.3 Å². The van der Waals surface area contributed by atoms with Crippen molar-refractivity contribution < 1.29 is 4.79 Å². The molecule has 3 rings (SSSR count). The van der Waals surface area contributed by atoms with E-state index in [2.05, 4.69) is 38.6 Å². The summed E-state index contributed by atoms with van der Waals surface area (Å²) in [6.45, 7) is 3.05. The van der Waals surface area contributed by atoms with Crippen molar-refractivity contribution >= 4 is 11.7 Å². The highest BCUT2D eigenvalue weighted by Crippen LogP contribution is 2.13. The van der Waals surface area contributed by atoms with Crippen molar-refractivity contribution in [2.75, 3.05) is 25.0 Å². The molecule has 2 N–H and O–H groups in total. The summed E-state index contributed by atoms with van der Waals surface area (Å²) in [6, 6.07) is 11.5. The molecule has 0 spiro atoms. The standard InChI is InChI=1S/C21H24N4O/c1-2-17-4-3-5-20(16-17)24-21(26)23-19-9-14-25(15-10-19)13-8-18-6-11-22-12-7-18/h1,3-7,11-12,16,19H,8-10,13-15H2,(H2,23,24,26).